The molecule has 1 unspecified atom stereocenters. The zero-order valence-electron chi connectivity index (χ0n) is 8.31. The number of hydrogen-bond donors (Lipinski definition) is 2. The quantitative estimate of drug-likeness (QED) is 0.594. The van der Waals surface area contributed by atoms with E-state index in [4.69, 9.17) is 5.73 Å². The summed E-state index contributed by atoms with van der Waals surface area (Å²) >= 11 is 0. The van der Waals surface area contributed by atoms with E-state index >= 15 is 0 Å². The van der Waals surface area contributed by atoms with Crippen LogP contribution in [0.15, 0.2) is 24.3 Å². The van der Waals surface area contributed by atoms with Crippen molar-refractivity contribution in [3.8, 4) is 0 Å². The van der Waals surface area contributed by atoms with Gasteiger partial charge in [0.15, 0.2) is 0 Å². The second-order valence-corrected chi connectivity index (χ2v) is 6.15. The molecule has 0 saturated carbocycles. The van der Waals surface area contributed by atoms with Crippen LogP contribution in [-0.2, 0) is 11.0 Å². The van der Waals surface area contributed by atoms with E-state index < -0.39 is 7.37 Å². The van der Waals surface area contributed by atoms with E-state index in [2.05, 4.69) is 0 Å². The summed E-state index contributed by atoms with van der Waals surface area (Å²) in [6, 6.07) is 7.41. The lowest BCUT2D eigenvalue weighted by Gasteiger charge is -2.08. The standard InChI is InChI=1S/C10H16NO2P/c1-2-14(12,13)8-7-9-3-5-10(11)6-4-9/h3-6H,2,7-8,11H2,1H3,(H,12,13). The molecule has 0 aliphatic carbocycles. The molecule has 0 amide bonds. The maximum atomic E-state index is 11.4. The summed E-state index contributed by atoms with van der Waals surface area (Å²) in [5, 5.41) is 0. The van der Waals surface area contributed by atoms with Gasteiger partial charge in [-0.25, -0.2) is 0 Å². The van der Waals surface area contributed by atoms with Crippen molar-refractivity contribution in [1.29, 1.82) is 0 Å². The van der Waals surface area contributed by atoms with Gasteiger partial charge in [0, 0.05) is 18.0 Å². The molecule has 4 heteroatoms. The van der Waals surface area contributed by atoms with Crippen molar-refractivity contribution in [2.24, 2.45) is 0 Å². The highest BCUT2D eigenvalue weighted by Crippen LogP contribution is 2.40. The molecule has 0 radical (unpaired) electrons. The largest absolute Gasteiger partial charge is 0.399 e. The van der Waals surface area contributed by atoms with Gasteiger partial charge < -0.3 is 10.6 Å². The van der Waals surface area contributed by atoms with Crippen molar-refractivity contribution >= 4 is 13.1 Å². The Morgan fingerprint density at radius 2 is 1.93 bits per heavy atom. The molecule has 0 fully saturated rings. The minimum Gasteiger partial charge on any atom is -0.399 e. The summed E-state index contributed by atoms with van der Waals surface area (Å²) in [5.41, 5.74) is 7.31. The molecule has 0 aliphatic heterocycles. The molecule has 1 aromatic carbocycles. The minimum atomic E-state index is -2.88. The van der Waals surface area contributed by atoms with Gasteiger partial charge in [-0.1, -0.05) is 19.1 Å². The van der Waals surface area contributed by atoms with E-state index in [0.717, 1.165) is 11.3 Å². The molecular formula is C10H16NO2P. The Morgan fingerprint density at radius 1 is 1.36 bits per heavy atom. The Morgan fingerprint density at radius 3 is 2.43 bits per heavy atom. The molecule has 0 spiro atoms. The summed E-state index contributed by atoms with van der Waals surface area (Å²) in [6.07, 6.45) is 1.34. The van der Waals surface area contributed by atoms with E-state index in [0.29, 0.717) is 18.7 Å². The third-order valence-corrected chi connectivity index (χ3v) is 4.13. The van der Waals surface area contributed by atoms with Gasteiger partial charge in [-0.3, -0.25) is 4.57 Å². The van der Waals surface area contributed by atoms with Crippen molar-refractivity contribution in [3.05, 3.63) is 29.8 Å². The van der Waals surface area contributed by atoms with Crippen molar-refractivity contribution < 1.29 is 9.46 Å². The van der Waals surface area contributed by atoms with E-state index in [-0.39, 0.29) is 0 Å². The number of anilines is 1. The van der Waals surface area contributed by atoms with Gasteiger partial charge in [0.2, 0.25) is 7.37 Å². The fraction of sp³-hybridized carbons (Fsp3) is 0.400. The minimum absolute atomic E-state index is 0.349. The van der Waals surface area contributed by atoms with Crippen molar-refractivity contribution in [1.82, 2.24) is 0 Å². The molecule has 1 rings (SSSR count). The normalized spacial score (nSPS) is 15.0. The third kappa shape index (κ3) is 3.52. The number of nitrogens with two attached hydrogens (primary N) is 1. The van der Waals surface area contributed by atoms with Crippen LogP contribution in [0.3, 0.4) is 0 Å². The van der Waals surface area contributed by atoms with Gasteiger partial charge in [0.25, 0.3) is 0 Å². The number of nitrogen functional groups attached to an aromatic ring is 1. The van der Waals surface area contributed by atoms with Crippen molar-refractivity contribution in [3.63, 3.8) is 0 Å². The summed E-state index contributed by atoms with van der Waals surface area (Å²) < 4.78 is 11.4. The second-order valence-electron chi connectivity index (χ2n) is 3.38. The van der Waals surface area contributed by atoms with Crippen LogP contribution in [0.2, 0.25) is 0 Å². The SMILES string of the molecule is CCP(=O)(O)CCc1ccc(N)cc1. The highest BCUT2D eigenvalue weighted by molar-refractivity contribution is 7.57. The molecule has 3 N–H and O–H groups in total. The van der Waals surface area contributed by atoms with E-state index in [1.165, 1.54) is 0 Å². The molecule has 0 heterocycles. The first-order valence-electron chi connectivity index (χ1n) is 4.69. The Balaban J connectivity index is 2.54. The maximum Gasteiger partial charge on any atom is 0.200 e. The topological polar surface area (TPSA) is 63.3 Å². The molecule has 78 valence electrons. The fourth-order valence-electron chi connectivity index (χ4n) is 1.15. The van der Waals surface area contributed by atoms with Gasteiger partial charge in [-0.2, -0.15) is 0 Å². The van der Waals surface area contributed by atoms with Crippen LogP contribution in [0, 0.1) is 0 Å². The van der Waals surface area contributed by atoms with Gasteiger partial charge in [-0.05, 0) is 24.1 Å². The predicted molar refractivity (Wildman–Crippen MR) is 59.8 cm³/mol. The van der Waals surface area contributed by atoms with Crippen molar-refractivity contribution in [2.75, 3.05) is 18.1 Å². The predicted octanol–water partition coefficient (Wildman–Crippen LogP) is 2.10. The molecule has 1 aromatic rings. The number of rotatable bonds is 4. The molecule has 0 bridgehead atoms. The summed E-state index contributed by atoms with van der Waals surface area (Å²) in [6.45, 7) is 1.74. The van der Waals surface area contributed by atoms with Crippen LogP contribution in [0.5, 0.6) is 0 Å². The molecular weight excluding hydrogens is 197 g/mol. The molecule has 0 aromatic heterocycles. The van der Waals surface area contributed by atoms with Crippen molar-refractivity contribution in [2.45, 2.75) is 13.3 Å². The lowest BCUT2D eigenvalue weighted by atomic mass is 10.2. The summed E-state index contributed by atoms with van der Waals surface area (Å²) in [4.78, 5) is 9.37. The van der Waals surface area contributed by atoms with Crippen LogP contribution in [0.1, 0.15) is 12.5 Å². The van der Waals surface area contributed by atoms with Gasteiger partial charge in [-0.15, -0.1) is 0 Å². The van der Waals surface area contributed by atoms with E-state index in [1.54, 1.807) is 6.92 Å². The Labute approximate surface area is 84.4 Å². The second kappa shape index (κ2) is 4.63. The number of hydrogen-bond acceptors (Lipinski definition) is 2. The first-order valence-corrected chi connectivity index (χ1v) is 6.72. The van der Waals surface area contributed by atoms with Crippen LogP contribution < -0.4 is 5.73 Å². The van der Waals surface area contributed by atoms with E-state index in [1.807, 2.05) is 24.3 Å². The zero-order valence-corrected chi connectivity index (χ0v) is 9.21. The average molecular weight is 213 g/mol. The Kier molecular flexibility index (Phi) is 3.73. The molecule has 0 saturated heterocycles. The first-order chi connectivity index (χ1) is 6.53. The summed E-state index contributed by atoms with van der Waals surface area (Å²) in [7, 11) is -2.88. The molecule has 3 nitrogen and oxygen atoms in total. The molecule has 0 aliphatic rings. The van der Waals surface area contributed by atoms with Crippen LogP contribution in [0.4, 0.5) is 5.69 Å². The van der Waals surface area contributed by atoms with Crippen LogP contribution in [-0.4, -0.2) is 17.2 Å². The summed E-state index contributed by atoms with van der Waals surface area (Å²) in [5.74, 6) is 0. The lowest BCUT2D eigenvalue weighted by molar-refractivity contribution is 0.479. The Bertz CT molecular complexity index is 334. The van der Waals surface area contributed by atoms with Crippen LogP contribution >= 0.6 is 7.37 Å². The van der Waals surface area contributed by atoms with Gasteiger partial charge in [0.1, 0.15) is 0 Å². The van der Waals surface area contributed by atoms with Crippen LogP contribution in [0.25, 0.3) is 0 Å². The molecule has 1 atom stereocenters. The maximum absolute atomic E-state index is 11.4. The van der Waals surface area contributed by atoms with Gasteiger partial charge in [0.05, 0.1) is 0 Å². The third-order valence-electron chi connectivity index (χ3n) is 2.22. The number of aryl methyl sites for hydroxylation is 1. The molecule has 14 heavy (non-hydrogen) atoms. The highest BCUT2D eigenvalue weighted by atomic mass is 31.2. The monoisotopic (exact) mass is 213 g/mol. The first kappa shape index (κ1) is 11.3. The highest BCUT2D eigenvalue weighted by Gasteiger charge is 2.14. The Hall–Kier alpha value is -0.790. The smallest absolute Gasteiger partial charge is 0.200 e. The zero-order chi connectivity index (χ0) is 10.6. The lowest BCUT2D eigenvalue weighted by Crippen LogP contribution is -1.96. The average Bonchev–Trinajstić information content (AvgIpc) is 2.17. The van der Waals surface area contributed by atoms with Gasteiger partial charge >= 0.3 is 0 Å². The fourth-order valence-corrected chi connectivity index (χ4v) is 2.07. The number of benzene rings is 1. The van der Waals surface area contributed by atoms with E-state index in [9.17, 15) is 9.46 Å².